The van der Waals surface area contributed by atoms with Gasteiger partial charge in [-0.15, -0.1) is 0 Å². The van der Waals surface area contributed by atoms with Crippen LogP contribution in [0.5, 0.6) is 0 Å². The highest BCUT2D eigenvalue weighted by Gasteiger charge is 2.06. The van der Waals surface area contributed by atoms with Crippen molar-refractivity contribution in [2.24, 2.45) is 0 Å². The molecule has 0 atom stereocenters. The van der Waals surface area contributed by atoms with Gasteiger partial charge in [0.1, 0.15) is 12.3 Å². The average Bonchev–Trinajstić information content (AvgIpc) is 2.52. The van der Waals surface area contributed by atoms with Gasteiger partial charge in [-0.3, -0.25) is 9.59 Å². The van der Waals surface area contributed by atoms with Gasteiger partial charge in [0, 0.05) is 18.2 Å². The lowest BCUT2D eigenvalue weighted by Gasteiger charge is -2.05. The maximum Gasteiger partial charge on any atom is 0.271 e. The van der Waals surface area contributed by atoms with Gasteiger partial charge < -0.3 is 10.4 Å². The fraction of sp³-hybridized carbons (Fsp3) is 0.133. The molecule has 1 aromatic heterocycles. The minimum Gasteiger partial charge on any atom is -0.384 e. The first-order valence-corrected chi connectivity index (χ1v) is 6.21. The van der Waals surface area contributed by atoms with E-state index in [9.17, 15) is 9.59 Å². The Kier molecular flexibility index (Phi) is 4.85. The molecular formula is C15H13N3O3. The Bertz CT molecular complexity index is 736. The van der Waals surface area contributed by atoms with Crippen molar-refractivity contribution in [3.8, 4) is 11.8 Å². The number of carbonyl (C=O) groups excluding carboxylic acids is 1. The first-order valence-electron chi connectivity index (χ1n) is 6.21. The summed E-state index contributed by atoms with van der Waals surface area (Å²) in [7, 11) is 0. The normalized spacial score (nSPS) is 9.57. The van der Waals surface area contributed by atoms with E-state index >= 15 is 0 Å². The zero-order chi connectivity index (χ0) is 15.1. The lowest BCUT2D eigenvalue weighted by Crippen LogP contribution is -2.25. The summed E-state index contributed by atoms with van der Waals surface area (Å²) >= 11 is 0. The van der Waals surface area contributed by atoms with Gasteiger partial charge in [0.15, 0.2) is 0 Å². The third kappa shape index (κ3) is 4.30. The van der Waals surface area contributed by atoms with Gasteiger partial charge in [0.25, 0.3) is 11.5 Å². The molecule has 1 aromatic carbocycles. The van der Waals surface area contributed by atoms with Crippen LogP contribution in [0, 0.1) is 11.8 Å². The third-order valence-corrected chi connectivity index (χ3v) is 2.60. The van der Waals surface area contributed by atoms with Crippen LogP contribution < -0.4 is 10.9 Å². The minimum absolute atomic E-state index is 0.144. The Hall–Kier alpha value is -2.91. The number of H-pyrrole nitrogens is 1. The molecule has 0 bridgehead atoms. The van der Waals surface area contributed by atoms with Crippen molar-refractivity contribution in [3.05, 3.63) is 63.6 Å². The van der Waals surface area contributed by atoms with Gasteiger partial charge >= 0.3 is 0 Å². The molecule has 1 heterocycles. The molecule has 0 aliphatic rings. The van der Waals surface area contributed by atoms with Crippen molar-refractivity contribution < 1.29 is 9.90 Å². The molecule has 2 aromatic rings. The third-order valence-electron chi connectivity index (χ3n) is 2.60. The van der Waals surface area contributed by atoms with Crippen molar-refractivity contribution in [2.75, 3.05) is 6.61 Å². The molecule has 21 heavy (non-hydrogen) atoms. The predicted molar refractivity (Wildman–Crippen MR) is 76.4 cm³/mol. The number of aromatic nitrogens is 2. The van der Waals surface area contributed by atoms with Crippen LogP contribution in [0.25, 0.3) is 0 Å². The molecule has 2 rings (SSSR count). The van der Waals surface area contributed by atoms with E-state index in [2.05, 4.69) is 27.4 Å². The molecule has 1 amide bonds. The van der Waals surface area contributed by atoms with Crippen molar-refractivity contribution >= 4 is 5.91 Å². The molecule has 0 aliphatic heterocycles. The lowest BCUT2D eigenvalue weighted by molar-refractivity contribution is 0.0945. The SMILES string of the molecule is O=C(NCc1cccc(C#CCO)c1)c1ccc(=O)[nH]n1. The Morgan fingerprint density at radius 1 is 1.33 bits per heavy atom. The molecule has 0 unspecified atom stereocenters. The molecule has 3 N–H and O–H groups in total. The molecule has 0 saturated heterocycles. The second-order valence-corrected chi connectivity index (χ2v) is 4.15. The zero-order valence-corrected chi connectivity index (χ0v) is 11.1. The van der Waals surface area contributed by atoms with Gasteiger partial charge in [0.05, 0.1) is 0 Å². The highest BCUT2D eigenvalue weighted by atomic mass is 16.2. The fourth-order valence-electron chi connectivity index (χ4n) is 1.64. The van der Waals surface area contributed by atoms with E-state index in [0.717, 1.165) is 11.1 Å². The first-order chi connectivity index (χ1) is 10.2. The van der Waals surface area contributed by atoms with Crippen molar-refractivity contribution in [2.45, 2.75) is 6.54 Å². The van der Waals surface area contributed by atoms with Gasteiger partial charge in [-0.1, -0.05) is 24.0 Å². The Morgan fingerprint density at radius 3 is 2.90 bits per heavy atom. The van der Waals surface area contributed by atoms with Crippen LogP contribution in [-0.2, 0) is 6.54 Å². The van der Waals surface area contributed by atoms with Crippen LogP contribution in [0.1, 0.15) is 21.6 Å². The van der Waals surface area contributed by atoms with Crippen LogP contribution in [-0.4, -0.2) is 27.8 Å². The minimum atomic E-state index is -0.377. The first kappa shape index (κ1) is 14.5. The summed E-state index contributed by atoms with van der Waals surface area (Å²) in [6.07, 6.45) is 0. The second-order valence-electron chi connectivity index (χ2n) is 4.15. The van der Waals surface area contributed by atoms with Crippen LogP contribution in [0.3, 0.4) is 0 Å². The quantitative estimate of drug-likeness (QED) is 0.693. The number of aliphatic hydroxyl groups excluding tert-OH is 1. The van der Waals surface area contributed by atoms with E-state index in [-0.39, 0.29) is 23.8 Å². The summed E-state index contributed by atoms with van der Waals surface area (Å²) in [5.74, 6) is 4.98. The Labute approximate surface area is 120 Å². The number of aliphatic hydroxyl groups is 1. The molecule has 0 aliphatic carbocycles. The number of hydrogen-bond donors (Lipinski definition) is 3. The number of hydrogen-bond acceptors (Lipinski definition) is 4. The van der Waals surface area contributed by atoms with Crippen LogP contribution >= 0.6 is 0 Å². The maximum absolute atomic E-state index is 11.8. The van der Waals surface area contributed by atoms with Crippen LogP contribution in [0.2, 0.25) is 0 Å². The van der Waals surface area contributed by atoms with E-state index < -0.39 is 0 Å². The number of amides is 1. The van der Waals surface area contributed by atoms with Crippen molar-refractivity contribution in [3.63, 3.8) is 0 Å². The lowest BCUT2D eigenvalue weighted by atomic mass is 10.1. The standard InChI is InChI=1S/C15H13N3O3/c19-8-2-5-11-3-1-4-12(9-11)10-16-15(21)13-6-7-14(20)18-17-13/h1,3-4,6-7,9,19H,8,10H2,(H,16,21)(H,18,20). The highest BCUT2D eigenvalue weighted by molar-refractivity contribution is 5.91. The summed E-state index contributed by atoms with van der Waals surface area (Å²) in [6, 6.07) is 9.91. The summed E-state index contributed by atoms with van der Waals surface area (Å²) in [4.78, 5) is 22.7. The van der Waals surface area contributed by atoms with E-state index in [1.54, 1.807) is 0 Å². The summed E-state index contributed by atoms with van der Waals surface area (Å²) in [6.45, 7) is 0.118. The molecule has 106 valence electrons. The predicted octanol–water partition coefficient (Wildman–Crippen LogP) is 0.0437. The summed E-state index contributed by atoms with van der Waals surface area (Å²) in [5, 5.41) is 17.2. The van der Waals surface area contributed by atoms with Gasteiger partial charge in [-0.2, -0.15) is 5.10 Å². The number of carbonyl (C=O) groups is 1. The topological polar surface area (TPSA) is 95.1 Å². The number of rotatable bonds is 3. The van der Waals surface area contributed by atoms with Crippen LogP contribution in [0.15, 0.2) is 41.2 Å². The van der Waals surface area contributed by atoms with Crippen LogP contribution in [0.4, 0.5) is 0 Å². The zero-order valence-electron chi connectivity index (χ0n) is 11.1. The number of nitrogens with zero attached hydrogens (tertiary/aromatic N) is 1. The summed E-state index contributed by atoms with van der Waals surface area (Å²) in [5.41, 5.74) is 1.42. The number of nitrogens with one attached hydrogen (secondary N) is 2. The molecule has 0 spiro atoms. The largest absolute Gasteiger partial charge is 0.384 e. The molecule has 0 fully saturated rings. The Morgan fingerprint density at radius 2 is 2.19 bits per heavy atom. The molecular weight excluding hydrogens is 270 g/mol. The average molecular weight is 283 g/mol. The molecule has 0 saturated carbocycles. The Balaban J connectivity index is 2.01. The summed E-state index contributed by atoms with van der Waals surface area (Å²) < 4.78 is 0. The molecule has 0 radical (unpaired) electrons. The molecule has 6 nitrogen and oxygen atoms in total. The monoisotopic (exact) mass is 283 g/mol. The fourth-order valence-corrected chi connectivity index (χ4v) is 1.64. The maximum atomic E-state index is 11.8. The van der Waals surface area contributed by atoms with E-state index in [4.69, 9.17) is 5.11 Å². The second kappa shape index (κ2) is 7.03. The van der Waals surface area contributed by atoms with Gasteiger partial charge in [-0.25, -0.2) is 5.10 Å². The van der Waals surface area contributed by atoms with E-state index in [1.807, 2.05) is 24.3 Å². The smallest absolute Gasteiger partial charge is 0.271 e. The highest BCUT2D eigenvalue weighted by Crippen LogP contribution is 2.04. The van der Waals surface area contributed by atoms with Crippen molar-refractivity contribution in [1.82, 2.24) is 15.5 Å². The van der Waals surface area contributed by atoms with E-state index in [1.165, 1.54) is 12.1 Å². The van der Waals surface area contributed by atoms with Gasteiger partial charge in [-0.05, 0) is 23.8 Å². The molecule has 6 heteroatoms. The van der Waals surface area contributed by atoms with E-state index in [0.29, 0.717) is 6.54 Å². The van der Waals surface area contributed by atoms with Gasteiger partial charge in [0.2, 0.25) is 0 Å². The van der Waals surface area contributed by atoms with Crippen molar-refractivity contribution in [1.29, 1.82) is 0 Å². The number of aromatic amines is 1. The number of benzene rings is 1.